The molecule has 10 nitrogen and oxygen atoms in total. The second-order valence-electron chi connectivity index (χ2n) is 7.37. The average molecular weight is 411 g/mol. The third-order valence-corrected chi connectivity index (χ3v) is 5.56. The number of nitrogens with one attached hydrogen (secondary N) is 2. The first-order valence-corrected chi connectivity index (χ1v) is 9.89. The zero-order chi connectivity index (χ0) is 21.3. The summed E-state index contributed by atoms with van der Waals surface area (Å²) >= 11 is 0. The van der Waals surface area contributed by atoms with Crippen molar-refractivity contribution < 1.29 is 9.53 Å². The molecule has 2 atom stereocenters. The first-order valence-electron chi connectivity index (χ1n) is 9.89. The molecule has 1 aliphatic rings. The molecule has 3 heterocycles. The van der Waals surface area contributed by atoms with E-state index in [0.29, 0.717) is 23.0 Å². The minimum absolute atomic E-state index is 0.0950. The Morgan fingerprint density at radius 2 is 2.20 bits per heavy atom. The lowest BCUT2D eigenvalue weighted by Gasteiger charge is -2.29. The number of ether oxygens (including phenoxy) is 1. The maximum absolute atomic E-state index is 13.1. The number of anilines is 3. The van der Waals surface area contributed by atoms with E-state index in [1.54, 1.807) is 30.9 Å². The summed E-state index contributed by atoms with van der Waals surface area (Å²) < 4.78 is 8.75. The summed E-state index contributed by atoms with van der Waals surface area (Å²) in [5.41, 5.74) is 6.21. The molecule has 0 aromatic carbocycles. The van der Waals surface area contributed by atoms with Crippen LogP contribution in [0, 0.1) is 0 Å². The Bertz CT molecular complexity index is 1140. The normalized spacial score (nSPS) is 19.0. The van der Waals surface area contributed by atoms with Crippen molar-refractivity contribution in [3.8, 4) is 0 Å². The zero-order valence-corrected chi connectivity index (χ0v) is 17.0. The van der Waals surface area contributed by atoms with Gasteiger partial charge >= 0.3 is 0 Å². The summed E-state index contributed by atoms with van der Waals surface area (Å²) in [4.78, 5) is 29.3. The van der Waals surface area contributed by atoms with E-state index >= 15 is 0 Å². The number of hydrogen-bond acceptors (Lipinski definition) is 7. The summed E-state index contributed by atoms with van der Waals surface area (Å²) in [5, 5.41) is 10.3. The van der Waals surface area contributed by atoms with E-state index in [2.05, 4.69) is 20.7 Å². The number of rotatable bonds is 6. The van der Waals surface area contributed by atoms with E-state index in [0.717, 1.165) is 25.7 Å². The van der Waals surface area contributed by atoms with Gasteiger partial charge in [0.1, 0.15) is 22.9 Å². The molecule has 3 aromatic rings. The molecule has 4 rings (SSSR count). The lowest BCUT2D eigenvalue weighted by molar-refractivity contribution is 0.0525. The fraction of sp³-hybridized carbons (Fsp3) is 0.400. The van der Waals surface area contributed by atoms with Crippen LogP contribution in [0.4, 0.5) is 17.3 Å². The highest BCUT2D eigenvalue weighted by atomic mass is 16.5. The summed E-state index contributed by atoms with van der Waals surface area (Å²) in [5.74, 6) is 0.383. The topological polar surface area (TPSA) is 129 Å². The number of pyridine rings is 1. The van der Waals surface area contributed by atoms with Crippen molar-refractivity contribution in [3.05, 3.63) is 46.5 Å². The second kappa shape index (κ2) is 8.15. The Morgan fingerprint density at radius 3 is 2.93 bits per heavy atom. The molecule has 0 unspecified atom stereocenters. The minimum atomic E-state index is -0.622. The number of primary amides is 1. The van der Waals surface area contributed by atoms with Gasteiger partial charge in [0.05, 0.1) is 12.3 Å². The first kappa shape index (κ1) is 19.9. The standard InChI is InChI=1S/C20H25N7O3/c1-22-17-10-16(25-19-14(18(21)28)11-23-27(17)19)24-15-7-4-8-26(20(15)29)12-5-3-6-13(9-12)30-2/h4,7-8,10-13,22H,3,5-6,9H2,1-2H3,(H2,21,28)(H,24,25)/t12-,13-/m0/s1. The molecular weight excluding hydrogens is 386 g/mol. The molecule has 0 bridgehead atoms. The van der Waals surface area contributed by atoms with Crippen LogP contribution in [0.25, 0.3) is 5.65 Å². The summed E-state index contributed by atoms with van der Waals surface area (Å²) in [6, 6.07) is 5.36. The van der Waals surface area contributed by atoms with Crippen LogP contribution in [0.15, 0.2) is 35.4 Å². The van der Waals surface area contributed by atoms with E-state index in [1.807, 2.05) is 12.3 Å². The number of nitrogens with two attached hydrogens (primary N) is 1. The van der Waals surface area contributed by atoms with Crippen LogP contribution in [-0.2, 0) is 4.74 Å². The number of nitrogens with zero attached hydrogens (tertiary/aromatic N) is 4. The third kappa shape index (κ3) is 3.61. The molecule has 0 aliphatic heterocycles. The smallest absolute Gasteiger partial charge is 0.274 e. The summed E-state index contributed by atoms with van der Waals surface area (Å²) in [7, 11) is 3.45. The lowest BCUT2D eigenvalue weighted by atomic mass is 9.92. The van der Waals surface area contributed by atoms with Gasteiger partial charge in [-0.1, -0.05) is 0 Å². The lowest BCUT2D eigenvalue weighted by Crippen LogP contribution is -2.31. The number of amides is 1. The van der Waals surface area contributed by atoms with Crippen LogP contribution in [0.2, 0.25) is 0 Å². The molecule has 1 saturated carbocycles. The molecule has 0 radical (unpaired) electrons. The van der Waals surface area contributed by atoms with Crippen molar-refractivity contribution in [2.24, 2.45) is 5.73 Å². The van der Waals surface area contributed by atoms with E-state index in [4.69, 9.17) is 10.5 Å². The monoisotopic (exact) mass is 411 g/mol. The number of carbonyl (C=O) groups is 1. The van der Waals surface area contributed by atoms with Crippen LogP contribution in [0.3, 0.4) is 0 Å². The molecule has 0 spiro atoms. The number of aromatic nitrogens is 4. The molecule has 3 aromatic heterocycles. The van der Waals surface area contributed by atoms with Gasteiger partial charge in [-0.25, -0.2) is 4.98 Å². The van der Waals surface area contributed by atoms with Crippen LogP contribution >= 0.6 is 0 Å². The third-order valence-electron chi connectivity index (χ3n) is 5.56. The van der Waals surface area contributed by atoms with Crippen LogP contribution in [-0.4, -0.2) is 45.3 Å². The predicted molar refractivity (Wildman–Crippen MR) is 113 cm³/mol. The molecule has 10 heteroatoms. The quantitative estimate of drug-likeness (QED) is 0.565. The Hall–Kier alpha value is -3.40. The summed E-state index contributed by atoms with van der Waals surface area (Å²) in [6.45, 7) is 0. The summed E-state index contributed by atoms with van der Waals surface area (Å²) in [6.07, 6.45) is 7.15. The van der Waals surface area contributed by atoms with Gasteiger partial charge in [0.15, 0.2) is 5.65 Å². The Morgan fingerprint density at radius 1 is 1.37 bits per heavy atom. The van der Waals surface area contributed by atoms with Crippen molar-refractivity contribution in [3.63, 3.8) is 0 Å². The highest BCUT2D eigenvalue weighted by Gasteiger charge is 2.24. The van der Waals surface area contributed by atoms with Crippen molar-refractivity contribution in [1.82, 2.24) is 19.2 Å². The van der Waals surface area contributed by atoms with E-state index in [9.17, 15) is 9.59 Å². The number of methoxy groups -OCH3 is 1. The van der Waals surface area contributed by atoms with E-state index in [1.165, 1.54) is 10.7 Å². The number of carbonyl (C=O) groups excluding carboxylic acids is 1. The highest BCUT2D eigenvalue weighted by Crippen LogP contribution is 2.29. The minimum Gasteiger partial charge on any atom is -0.381 e. The molecule has 158 valence electrons. The Balaban J connectivity index is 1.69. The largest absolute Gasteiger partial charge is 0.381 e. The van der Waals surface area contributed by atoms with Gasteiger partial charge in [-0.05, 0) is 37.8 Å². The van der Waals surface area contributed by atoms with Crippen molar-refractivity contribution >= 4 is 28.9 Å². The molecule has 1 aliphatic carbocycles. The van der Waals surface area contributed by atoms with Crippen molar-refractivity contribution in [2.75, 3.05) is 24.8 Å². The maximum atomic E-state index is 13.1. The van der Waals surface area contributed by atoms with E-state index < -0.39 is 5.91 Å². The Labute approximate surface area is 173 Å². The van der Waals surface area contributed by atoms with Gasteiger partial charge < -0.3 is 25.7 Å². The van der Waals surface area contributed by atoms with Gasteiger partial charge in [-0.15, -0.1) is 0 Å². The SMILES string of the molecule is CNc1cc(Nc2cccn([C@H]3CCC[C@H](OC)C3)c2=O)nc2c(C(N)=O)cnn12. The molecule has 30 heavy (non-hydrogen) atoms. The average Bonchev–Trinajstić information content (AvgIpc) is 3.19. The fourth-order valence-electron chi connectivity index (χ4n) is 4.00. The number of fused-ring (bicyclic) bond motifs is 1. The van der Waals surface area contributed by atoms with Gasteiger partial charge in [-0.2, -0.15) is 9.61 Å². The predicted octanol–water partition coefficient (Wildman–Crippen LogP) is 1.91. The molecule has 0 saturated heterocycles. The second-order valence-corrected chi connectivity index (χ2v) is 7.37. The van der Waals surface area contributed by atoms with E-state index in [-0.39, 0.29) is 23.3 Å². The molecule has 1 amide bonds. The van der Waals surface area contributed by atoms with Crippen LogP contribution in [0.1, 0.15) is 42.1 Å². The van der Waals surface area contributed by atoms with Crippen LogP contribution < -0.4 is 21.9 Å². The maximum Gasteiger partial charge on any atom is 0.274 e. The molecular formula is C20H25N7O3. The van der Waals surface area contributed by atoms with Gasteiger partial charge in [0.2, 0.25) is 0 Å². The molecule has 4 N–H and O–H groups in total. The Kier molecular flexibility index (Phi) is 5.40. The van der Waals surface area contributed by atoms with Gasteiger partial charge in [0, 0.05) is 32.5 Å². The van der Waals surface area contributed by atoms with Crippen molar-refractivity contribution in [2.45, 2.75) is 37.8 Å². The zero-order valence-electron chi connectivity index (χ0n) is 17.0. The highest BCUT2D eigenvalue weighted by molar-refractivity contribution is 5.98. The van der Waals surface area contributed by atoms with Gasteiger partial charge in [-0.3, -0.25) is 9.59 Å². The van der Waals surface area contributed by atoms with Crippen molar-refractivity contribution in [1.29, 1.82) is 0 Å². The number of hydrogen-bond donors (Lipinski definition) is 3. The fourth-order valence-corrected chi connectivity index (χ4v) is 4.00. The van der Waals surface area contributed by atoms with Crippen LogP contribution in [0.5, 0.6) is 0 Å². The molecule has 1 fully saturated rings. The van der Waals surface area contributed by atoms with Gasteiger partial charge in [0.25, 0.3) is 11.5 Å². The first-order chi connectivity index (χ1) is 14.5.